The quantitative estimate of drug-likeness (QED) is 0.300. The van der Waals surface area contributed by atoms with Crippen molar-refractivity contribution in [3.05, 3.63) is 5.41 Å². The molecular formula is C9H20LiN3. The molecule has 3 nitrogen and oxygen atoms in total. The van der Waals surface area contributed by atoms with Gasteiger partial charge < -0.3 is 15.2 Å². The first kappa shape index (κ1) is 15.3. The van der Waals surface area contributed by atoms with Crippen molar-refractivity contribution in [3.63, 3.8) is 0 Å². The third-order valence-corrected chi connectivity index (χ3v) is 2.09. The van der Waals surface area contributed by atoms with Gasteiger partial charge in [-0.25, -0.2) is 0 Å². The van der Waals surface area contributed by atoms with Gasteiger partial charge in [0.15, 0.2) is 0 Å². The van der Waals surface area contributed by atoms with Crippen LogP contribution in [-0.2, 0) is 0 Å². The minimum absolute atomic E-state index is 0. The van der Waals surface area contributed by atoms with Crippen molar-refractivity contribution >= 4 is 5.96 Å². The molecule has 0 bridgehead atoms. The molecule has 0 atom stereocenters. The van der Waals surface area contributed by atoms with Gasteiger partial charge in [-0.3, -0.25) is 0 Å². The summed E-state index contributed by atoms with van der Waals surface area (Å²) in [5, 5.41) is 9.74. The van der Waals surface area contributed by atoms with Gasteiger partial charge in [0.1, 0.15) is 0 Å². The van der Waals surface area contributed by atoms with Gasteiger partial charge in [0.2, 0.25) is 0 Å². The minimum Gasteiger partial charge on any atom is -0.427 e. The Balaban J connectivity index is 0. The monoisotopic (exact) mass is 177 g/mol. The molecule has 0 rings (SSSR count). The van der Waals surface area contributed by atoms with Crippen LogP contribution < -0.4 is 18.9 Å². The maximum Gasteiger partial charge on any atom is 1.00 e. The van der Waals surface area contributed by atoms with Gasteiger partial charge in [-0.05, 0) is 26.2 Å². The van der Waals surface area contributed by atoms with Gasteiger partial charge in [-0.15, -0.1) is 0 Å². The van der Waals surface area contributed by atoms with Crippen molar-refractivity contribution in [1.82, 2.24) is 9.80 Å². The van der Waals surface area contributed by atoms with Crippen molar-refractivity contribution in [1.29, 1.82) is 0 Å². The SMILES string of the molecule is CCN(CC)C(=[N-])N(CC)CC.[Li+]. The number of rotatable bonds is 4. The molecule has 0 unspecified atom stereocenters. The Morgan fingerprint density at radius 2 is 1.08 bits per heavy atom. The Bertz CT molecular complexity index is 117. The first-order valence-electron chi connectivity index (χ1n) is 4.76. The standard InChI is InChI=1S/C9H20N3.Li/c1-5-11(6-2)9(10)12(7-3)8-4;/h5-8H2,1-4H3;/q-1;+1. The summed E-state index contributed by atoms with van der Waals surface area (Å²) in [5.41, 5.74) is 0. The zero-order valence-electron chi connectivity index (χ0n) is 9.67. The molecular weight excluding hydrogens is 157 g/mol. The van der Waals surface area contributed by atoms with E-state index >= 15 is 0 Å². The van der Waals surface area contributed by atoms with E-state index < -0.39 is 0 Å². The summed E-state index contributed by atoms with van der Waals surface area (Å²) < 4.78 is 0. The van der Waals surface area contributed by atoms with E-state index in [9.17, 15) is 5.41 Å². The van der Waals surface area contributed by atoms with Crippen LogP contribution in [-0.4, -0.2) is 41.9 Å². The van der Waals surface area contributed by atoms with Crippen LogP contribution in [0.4, 0.5) is 0 Å². The van der Waals surface area contributed by atoms with Gasteiger partial charge in [-0.1, -0.05) is 27.7 Å². The van der Waals surface area contributed by atoms with E-state index in [1.54, 1.807) is 0 Å². The second-order valence-corrected chi connectivity index (χ2v) is 2.64. The van der Waals surface area contributed by atoms with Crippen LogP contribution in [0.5, 0.6) is 0 Å². The Kier molecular flexibility index (Phi) is 9.99. The molecule has 0 spiro atoms. The molecule has 0 aromatic rings. The molecule has 0 amide bonds. The predicted octanol–water partition coefficient (Wildman–Crippen LogP) is -1.40. The fourth-order valence-electron chi connectivity index (χ4n) is 1.21. The normalized spacial score (nSPS) is 8.92. The van der Waals surface area contributed by atoms with E-state index in [2.05, 4.69) is 0 Å². The smallest absolute Gasteiger partial charge is 0.427 e. The summed E-state index contributed by atoms with van der Waals surface area (Å²) in [6.45, 7) is 11.6. The second kappa shape index (κ2) is 8.46. The third kappa shape index (κ3) is 4.59. The molecule has 0 heterocycles. The van der Waals surface area contributed by atoms with Gasteiger partial charge in [-0.2, -0.15) is 0 Å². The maximum absolute atomic E-state index is 9.74. The average Bonchev–Trinajstić information content (AvgIpc) is 2.09. The fourth-order valence-corrected chi connectivity index (χ4v) is 1.21. The summed E-state index contributed by atoms with van der Waals surface area (Å²) in [5.74, 6) is 0.407. The molecule has 0 aromatic heterocycles. The van der Waals surface area contributed by atoms with Crippen molar-refractivity contribution in [2.75, 3.05) is 26.2 Å². The molecule has 72 valence electrons. The molecule has 0 N–H and O–H groups in total. The zero-order chi connectivity index (χ0) is 9.56. The fraction of sp³-hybridized carbons (Fsp3) is 0.889. The van der Waals surface area contributed by atoms with Gasteiger partial charge in [0.05, 0.1) is 0 Å². The Hall–Kier alpha value is -0.133. The molecule has 0 saturated heterocycles. The summed E-state index contributed by atoms with van der Waals surface area (Å²) in [6.07, 6.45) is 0. The average molecular weight is 177 g/mol. The van der Waals surface area contributed by atoms with Gasteiger partial charge >= 0.3 is 18.9 Å². The van der Waals surface area contributed by atoms with E-state index in [-0.39, 0.29) is 18.9 Å². The third-order valence-electron chi connectivity index (χ3n) is 2.09. The summed E-state index contributed by atoms with van der Waals surface area (Å²) in [7, 11) is 0. The molecule has 0 fully saturated rings. The van der Waals surface area contributed by atoms with Crippen LogP contribution in [0.3, 0.4) is 0 Å². The summed E-state index contributed by atoms with van der Waals surface area (Å²) >= 11 is 0. The van der Waals surface area contributed by atoms with Crippen LogP contribution in [0.1, 0.15) is 27.7 Å². The van der Waals surface area contributed by atoms with Crippen LogP contribution in [0.15, 0.2) is 0 Å². The van der Waals surface area contributed by atoms with Crippen molar-refractivity contribution in [2.24, 2.45) is 0 Å². The number of hydrogen-bond acceptors (Lipinski definition) is 0. The topological polar surface area (TPSA) is 28.8 Å². The molecule has 13 heavy (non-hydrogen) atoms. The van der Waals surface area contributed by atoms with Crippen LogP contribution in [0, 0.1) is 0 Å². The van der Waals surface area contributed by atoms with E-state index in [1.807, 2.05) is 37.5 Å². The molecule has 4 heteroatoms. The summed E-state index contributed by atoms with van der Waals surface area (Å²) in [6, 6.07) is 0. The Labute approximate surface area is 94.2 Å². The molecule has 0 aromatic carbocycles. The van der Waals surface area contributed by atoms with Gasteiger partial charge in [0.25, 0.3) is 0 Å². The number of nitrogens with zero attached hydrogens (tertiary/aromatic N) is 3. The minimum atomic E-state index is 0. The van der Waals surface area contributed by atoms with E-state index in [4.69, 9.17) is 0 Å². The summed E-state index contributed by atoms with van der Waals surface area (Å²) in [4.78, 5) is 3.90. The second-order valence-electron chi connectivity index (χ2n) is 2.64. The van der Waals surface area contributed by atoms with Crippen LogP contribution in [0.2, 0.25) is 0 Å². The largest absolute Gasteiger partial charge is 1.00 e. The van der Waals surface area contributed by atoms with Crippen molar-refractivity contribution in [2.45, 2.75) is 27.7 Å². The predicted molar refractivity (Wildman–Crippen MR) is 54.2 cm³/mol. The first-order chi connectivity index (χ1) is 5.71. The molecule has 0 radical (unpaired) electrons. The number of guanidine groups is 1. The maximum atomic E-state index is 9.74. The first-order valence-corrected chi connectivity index (χ1v) is 4.76. The number of hydrogen-bond donors (Lipinski definition) is 0. The molecule has 0 aliphatic carbocycles. The van der Waals surface area contributed by atoms with Crippen LogP contribution >= 0.6 is 0 Å². The zero-order valence-corrected chi connectivity index (χ0v) is 9.67. The van der Waals surface area contributed by atoms with Crippen LogP contribution in [0.25, 0.3) is 5.41 Å². The van der Waals surface area contributed by atoms with Gasteiger partial charge in [0, 0.05) is 5.96 Å². The van der Waals surface area contributed by atoms with E-state index in [1.165, 1.54) is 0 Å². The Morgan fingerprint density at radius 1 is 0.846 bits per heavy atom. The molecule has 0 saturated carbocycles. The van der Waals surface area contributed by atoms with E-state index in [0.717, 1.165) is 26.2 Å². The molecule has 0 aliphatic rings. The van der Waals surface area contributed by atoms with Crippen molar-refractivity contribution < 1.29 is 18.9 Å². The molecule has 0 aliphatic heterocycles. The van der Waals surface area contributed by atoms with E-state index in [0.29, 0.717) is 5.96 Å². The van der Waals surface area contributed by atoms with Crippen molar-refractivity contribution in [3.8, 4) is 0 Å². The Morgan fingerprint density at radius 3 is 1.23 bits per heavy atom.